The standard InChI is InChI=1S/C15H30O/c1-4-6-7-8-9-12-15(16)13-10-11-14(3)5-2/h5,15-16H,4,6-13H2,1-3H3/b14-5+/t15-/m0/s1. The minimum atomic E-state index is -0.0636. The maximum Gasteiger partial charge on any atom is 0.0540 e. The second-order valence-electron chi connectivity index (χ2n) is 4.88. The molecule has 0 bridgehead atoms. The van der Waals surface area contributed by atoms with Crippen LogP contribution in [0.1, 0.15) is 78.6 Å². The van der Waals surface area contributed by atoms with E-state index in [1.54, 1.807) is 0 Å². The van der Waals surface area contributed by atoms with Crippen LogP contribution in [-0.2, 0) is 0 Å². The summed E-state index contributed by atoms with van der Waals surface area (Å²) < 4.78 is 0. The summed E-state index contributed by atoms with van der Waals surface area (Å²) >= 11 is 0. The Morgan fingerprint density at radius 3 is 2.31 bits per heavy atom. The molecule has 0 heterocycles. The van der Waals surface area contributed by atoms with Gasteiger partial charge >= 0.3 is 0 Å². The van der Waals surface area contributed by atoms with Gasteiger partial charge in [0.05, 0.1) is 6.10 Å². The fourth-order valence-electron chi connectivity index (χ4n) is 1.89. The molecule has 0 aromatic rings. The first-order chi connectivity index (χ1) is 7.70. The summed E-state index contributed by atoms with van der Waals surface area (Å²) in [6, 6.07) is 0. The molecule has 16 heavy (non-hydrogen) atoms. The van der Waals surface area contributed by atoms with Gasteiger partial charge in [0.2, 0.25) is 0 Å². The molecule has 0 radical (unpaired) electrons. The number of aliphatic hydroxyl groups excluding tert-OH is 1. The van der Waals surface area contributed by atoms with E-state index in [2.05, 4.69) is 26.8 Å². The molecule has 0 aromatic heterocycles. The van der Waals surface area contributed by atoms with E-state index >= 15 is 0 Å². The predicted molar refractivity (Wildman–Crippen MR) is 72.7 cm³/mol. The highest BCUT2D eigenvalue weighted by atomic mass is 16.3. The zero-order valence-corrected chi connectivity index (χ0v) is 11.5. The summed E-state index contributed by atoms with van der Waals surface area (Å²) in [6.07, 6.45) is 12.8. The molecule has 0 aromatic carbocycles. The molecule has 0 rings (SSSR count). The molecule has 0 aliphatic rings. The Labute approximate surface area is 102 Å². The van der Waals surface area contributed by atoms with Crippen LogP contribution in [0.25, 0.3) is 0 Å². The first-order valence-corrected chi connectivity index (χ1v) is 7.00. The molecule has 1 nitrogen and oxygen atoms in total. The van der Waals surface area contributed by atoms with Gasteiger partial charge in [-0.1, -0.05) is 50.7 Å². The third kappa shape index (κ3) is 10.2. The van der Waals surface area contributed by atoms with Gasteiger partial charge in [0.25, 0.3) is 0 Å². The lowest BCUT2D eigenvalue weighted by atomic mass is 10.0. The Bertz CT molecular complexity index is 172. The second-order valence-corrected chi connectivity index (χ2v) is 4.88. The smallest absolute Gasteiger partial charge is 0.0540 e. The fraction of sp³-hybridized carbons (Fsp3) is 0.867. The second kappa shape index (κ2) is 11.2. The number of rotatable bonds is 10. The molecule has 0 amide bonds. The lowest BCUT2D eigenvalue weighted by Gasteiger charge is -2.10. The SMILES string of the molecule is C/C=C(\C)CCC[C@@H](O)CCCCCCC. The van der Waals surface area contributed by atoms with Gasteiger partial charge in [-0.3, -0.25) is 0 Å². The highest BCUT2D eigenvalue weighted by Crippen LogP contribution is 2.13. The molecule has 0 fully saturated rings. The van der Waals surface area contributed by atoms with Crippen molar-refractivity contribution < 1.29 is 5.11 Å². The zero-order valence-electron chi connectivity index (χ0n) is 11.5. The maximum absolute atomic E-state index is 9.77. The Hall–Kier alpha value is -0.300. The molecule has 0 saturated carbocycles. The number of unbranched alkanes of at least 4 members (excludes halogenated alkanes) is 4. The zero-order chi connectivity index (χ0) is 12.2. The molecule has 96 valence electrons. The predicted octanol–water partition coefficient (Wildman–Crippen LogP) is 4.84. The topological polar surface area (TPSA) is 20.2 Å². The Morgan fingerprint density at radius 1 is 1.06 bits per heavy atom. The highest BCUT2D eigenvalue weighted by molar-refractivity contribution is 4.94. The van der Waals surface area contributed by atoms with E-state index < -0.39 is 0 Å². The van der Waals surface area contributed by atoms with Gasteiger partial charge in [-0.2, -0.15) is 0 Å². The average molecular weight is 226 g/mol. The van der Waals surface area contributed by atoms with Crippen LogP contribution in [0.2, 0.25) is 0 Å². The first-order valence-electron chi connectivity index (χ1n) is 7.00. The molecular weight excluding hydrogens is 196 g/mol. The summed E-state index contributed by atoms with van der Waals surface area (Å²) in [5.41, 5.74) is 1.44. The minimum absolute atomic E-state index is 0.0636. The number of allylic oxidation sites excluding steroid dienone is 2. The van der Waals surface area contributed by atoms with Crippen LogP contribution in [-0.4, -0.2) is 11.2 Å². The van der Waals surface area contributed by atoms with E-state index in [1.165, 1.54) is 37.7 Å². The van der Waals surface area contributed by atoms with E-state index in [0.29, 0.717) is 0 Å². The highest BCUT2D eigenvalue weighted by Gasteiger charge is 2.03. The largest absolute Gasteiger partial charge is 0.393 e. The number of hydrogen-bond donors (Lipinski definition) is 1. The van der Waals surface area contributed by atoms with E-state index in [4.69, 9.17) is 0 Å². The third-order valence-electron chi connectivity index (χ3n) is 3.24. The lowest BCUT2D eigenvalue weighted by Crippen LogP contribution is -2.06. The minimum Gasteiger partial charge on any atom is -0.393 e. The van der Waals surface area contributed by atoms with Crippen molar-refractivity contribution in [2.75, 3.05) is 0 Å². The van der Waals surface area contributed by atoms with Crippen molar-refractivity contribution in [2.24, 2.45) is 0 Å². The molecule has 0 unspecified atom stereocenters. The van der Waals surface area contributed by atoms with E-state index in [-0.39, 0.29) is 6.10 Å². The van der Waals surface area contributed by atoms with Crippen LogP contribution in [0.4, 0.5) is 0 Å². The van der Waals surface area contributed by atoms with Crippen LogP contribution in [0.3, 0.4) is 0 Å². The van der Waals surface area contributed by atoms with Crippen molar-refractivity contribution in [1.82, 2.24) is 0 Å². The summed E-state index contributed by atoms with van der Waals surface area (Å²) in [7, 11) is 0. The number of aliphatic hydroxyl groups is 1. The van der Waals surface area contributed by atoms with Gasteiger partial charge in [0, 0.05) is 0 Å². The van der Waals surface area contributed by atoms with Gasteiger partial charge in [-0.25, -0.2) is 0 Å². The summed E-state index contributed by atoms with van der Waals surface area (Å²) in [4.78, 5) is 0. The van der Waals surface area contributed by atoms with Crippen molar-refractivity contribution >= 4 is 0 Å². The maximum atomic E-state index is 9.77. The Morgan fingerprint density at radius 2 is 1.69 bits per heavy atom. The Kier molecular flexibility index (Phi) is 11.0. The summed E-state index contributed by atoms with van der Waals surface area (Å²) in [6.45, 7) is 6.48. The molecule has 1 atom stereocenters. The fourth-order valence-corrected chi connectivity index (χ4v) is 1.89. The van der Waals surface area contributed by atoms with Gasteiger partial charge in [-0.15, -0.1) is 0 Å². The van der Waals surface area contributed by atoms with Gasteiger partial charge < -0.3 is 5.11 Å². The molecule has 0 spiro atoms. The van der Waals surface area contributed by atoms with E-state index in [1.807, 2.05) is 0 Å². The van der Waals surface area contributed by atoms with Crippen molar-refractivity contribution in [3.8, 4) is 0 Å². The van der Waals surface area contributed by atoms with Crippen LogP contribution in [0, 0.1) is 0 Å². The summed E-state index contributed by atoms with van der Waals surface area (Å²) in [5, 5.41) is 9.77. The average Bonchev–Trinajstić information content (AvgIpc) is 2.28. The van der Waals surface area contributed by atoms with Crippen molar-refractivity contribution in [3.63, 3.8) is 0 Å². The molecule has 0 saturated heterocycles. The van der Waals surface area contributed by atoms with Crippen LogP contribution in [0.15, 0.2) is 11.6 Å². The normalized spacial score (nSPS) is 14.1. The lowest BCUT2D eigenvalue weighted by molar-refractivity contribution is 0.148. The summed E-state index contributed by atoms with van der Waals surface area (Å²) in [5.74, 6) is 0. The quantitative estimate of drug-likeness (QED) is 0.417. The van der Waals surface area contributed by atoms with Crippen molar-refractivity contribution in [2.45, 2.75) is 84.7 Å². The van der Waals surface area contributed by atoms with Gasteiger partial charge in [0.1, 0.15) is 0 Å². The monoisotopic (exact) mass is 226 g/mol. The third-order valence-corrected chi connectivity index (χ3v) is 3.24. The molecule has 1 N–H and O–H groups in total. The van der Waals surface area contributed by atoms with Crippen LogP contribution >= 0.6 is 0 Å². The molecule has 1 heteroatoms. The van der Waals surface area contributed by atoms with Gasteiger partial charge in [0.15, 0.2) is 0 Å². The Balaban J connectivity index is 3.27. The number of hydrogen-bond acceptors (Lipinski definition) is 1. The van der Waals surface area contributed by atoms with Crippen LogP contribution < -0.4 is 0 Å². The van der Waals surface area contributed by atoms with E-state index in [0.717, 1.165) is 25.7 Å². The molecule has 0 aliphatic heterocycles. The van der Waals surface area contributed by atoms with E-state index in [9.17, 15) is 5.11 Å². The molecule has 0 aliphatic carbocycles. The van der Waals surface area contributed by atoms with Crippen molar-refractivity contribution in [1.29, 1.82) is 0 Å². The van der Waals surface area contributed by atoms with Crippen LogP contribution in [0.5, 0.6) is 0 Å². The first kappa shape index (κ1) is 15.7. The van der Waals surface area contributed by atoms with Crippen molar-refractivity contribution in [3.05, 3.63) is 11.6 Å². The van der Waals surface area contributed by atoms with Gasteiger partial charge in [-0.05, 0) is 39.5 Å². The molecular formula is C15H30O.